The quantitative estimate of drug-likeness (QED) is 0.585. The van der Waals surface area contributed by atoms with Crippen molar-refractivity contribution in [1.82, 2.24) is 20.2 Å². The minimum Gasteiger partial charge on any atom is -0.497 e. The fourth-order valence-corrected chi connectivity index (χ4v) is 4.12. The standard InChI is InChI=1S/C24H28N4O3/c1-31-18-10-8-17(9-11-18)21(28-14-4-5-15-28)16-25-23(29)13-12-22-26-20-7-3-2-6-19(20)24(30)27-22/h2-3,6-11,21H,4-5,12-16H2,1H3,(H,25,29)(H,26,27,30). The van der Waals surface area contributed by atoms with Crippen LogP contribution in [0.4, 0.5) is 0 Å². The average molecular weight is 421 g/mol. The van der Waals surface area contributed by atoms with Crippen molar-refractivity contribution in [3.05, 3.63) is 70.3 Å². The van der Waals surface area contributed by atoms with Crippen LogP contribution in [-0.4, -0.2) is 47.5 Å². The van der Waals surface area contributed by atoms with Crippen molar-refractivity contribution in [2.45, 2.75) is 31.7 Å². The maximum atomic E-state index is 12.5. The number of likely N-dealkylation sites (tertiary alicyclic amines) is 1. The van der Waals surface area contributed by atoms with E-state index < -0.39 is 0 Å². The largest absolute Gasteiger partial charge is 0.497 e. The van der Waals surface area contributed by atoms with E-state index >= 15 is 0 Å². The Balaban J connectivity index is 1.38. The molecule has 4 rings (SSSR count). The van der Waals surface area contributed by atoms with E-state index in [-0.39, 0.29) is 23.9 Å². The van der Waals surface area contributed by atoms with Crippen LogP contribution in [0.1, 0.15) is 36.7 Å². The highest BCUT2D eigenvalue weighted by Crippen LogP contribution is 2.26. The fraction of sp³-hybridized carbons (Fsp3) is 0.375. The van der Waals surface area contributed by atoms with Crippen LogP contribution in [0.2, 0.25) is 0 Å². The Morgan fingerprint density at radius 2 is 1.90 bits per heavy atom. The first-order valence-electron chi connectivity index (χ1n) is 10.8. The first-order chi connectivity index (χ1) is 15.1. The van der Waals surface area contributed by atoms with Crippen LogP contribution in [0.25, 0.3) is 10.9 Å². The second kappa shape index (κ2) is 9.75. The van der Waals surface area contributed by atoms with Gasteiger partial charge in [-0.2, -0.15) is 0 Å². The molecule has 2 aromatic carbocycles. The van der Waals surface area contributed by atoms with Crippen LogP contribution in [0.3, 0.4) is 0 Å². The number of H-pyrrole nitrogens is 1. The lowest BCUT2D eigenvalue weighted by Gasteiger charge is -2.28. The number of carbonyl (C=O) groups excluding carboxylic acids is 1. The molecule has 162 valence electrons. The Hall–Kier alpha value is -3.19. The van der Waals surface area contributed by atoms with E-state index in [1.54, 1.807) is 13.2 Å². The number of carbonyl (C=O) groups is 1. The number of hydrogen-bond acceptors (Lipinski definition) is 5. The molecule has 2 heterocycles. The lowest BCUT2D eigenvalue weighted by atomic mass is 10.0. The zero-order chi connectivity index (χ0) is 21.6. The van der Waals surface area contributed by atoms with Gasteiger partial charge in [-0.3, -0.25) is 14.5 Å². The predicted octanol–water partition coefficient (Wildman–Crippen LogP) is 2.82. The Morgan fingerprint density at radius 1 is 1.16 bits per heavy atom. The Bertz CT molecular complexity index is 1090. The van der Waals surface area contributed by atoms with Crippen LogP contribution in [0, 0.1) is 0 Å². The smallest absolute Gasteiger partial charge is 0.258 e. The van der Waals surface area contributed by atoms with E-state index in [0.29, 0.717) is 29.7 Å². The summed E-state index contributed by atoms with van der Waals surface area (Å²) in [6.07, 6.45) is 3.03. The summed E-state index contributed by atoms with van der Waals surface area (Å²) in [5, 5.41) is 3.64. The molecule has 31 heavy (non-hydrogen) atoms. The summed E-state index contributed by atoms with van der Waals surface area (Å²) in [5.41, 5.74) is 1.65. The van der Waals surface area contributed by atoms with Gasteiger partial charge >= 0.3 is 0 Å². The topological polar surface area (TPSA) is 87.3 Å². The van der Waals surface area contributed by atoms with Crippen molar-refractivity contribution in [3.63, 3.8) is 0 Å². The highest BCUT2D eigenvalue weighted by molar-refractivity contribution is 5.78. The number of aromatic nitrogens is 2. The highest BCUT2D eigenvalue weighted by atomic mass is 16.5. The van der Waals surface area contributed by atoms with Crippen molar-refractivity contribution < 1.29 is 9.53 Å². The number of fused-ring (bicyclic) bond motifs is 1. The number of rotatable bonds is 8. The van der Waals surface area contributed by atoms with E-state index in [0.717, 1.165) is 18.8 Å². The average Bonchev–Trinajstić information content (AvgIpc) is 3.33. The van der Waals surface area contributed by atoms with Crippen LogP contribution >= 0.6 is 0 Å². The van der Waals surface area contributed by atoms with Crippen molar-refractivity contribution in [2.75, 3.05) is 26.7 Å². The number of aromatic amines is 1. The summed E-state index contributed by atoms with van der Waals surface area (Å²) in [5.74, 6) is 1.31. The van der Waals surface area contributed by atoms with E-state index in [1.165, 1.54) is 18.4 Å². The first kappa shape index (κ1) is 21.1. The molecule has 1 saturated heterocycles. The molecule has 1 amide bonds. The van der Waals surface area contributed by atoms with Crippen molar-refractivity contribution >= 4 is 16.8 Å². The molecular weight excluding hydrogens is 392 g/mol. The lowest BCUT2D eigenvalue weighted by Crippen LogP contribution is -2.37. The summed E-state index contributed by atoms with van der Waals surface area (Å²) in [4.78, 5) is 34.4. The molecule has 7 nitrogen and oxygen atoms in total. The van der Waals surface area contributed by atoms with E-state index in [9.17, 15) is 9.59 Å². The van der Waals surface area contributed by atoms with Crippen LogP contribution in [-0.2, 0) is 11.2 Å². The monoisotopic (exact) mass is 420 g/mol. The van der Waals surface area contributed by atoms with Crippen molar-refractivity contribution in [1.29, 1.82) is 0 Å². The maximum absolute atomic E-state index is 12.5. The molecule has 7 heteroatoms. The number of nitrogens with zero attached hydrogens (tertiary/aromatic N) is 2. The Labute approximate surface area is 181 Å². The third-order valence-corrected chi connectivity index (χ3v) is 5.83. The number of aryl methyl sites for hydroxylation is 1. The normalized spacial score (nSPS) is 15.1. The van der Waals surface area contributed by atoms with E-state index in [4.69, 9.17) is 4.74 Å². The van der Waals surface area contributed by atoms with Gasteiger partial charge < -0.3 is 15.0 Å². The summed E-state index contributed by atoms with van der Waals surface area (Å²) < 4.78 is 5.27. The van der Waals surface area contributed by atoms with Gasteiger partial charge in [0.05, 0.1) is 24.1 Å². The molecule has 0 spiro atoms. The number of methoxy groups -OCH3 is 1. The molecular formula is C24H28N4O3. The number of nitrogens with one attached hydrogen (secondary N) is 2. The zero-order valence-corrected chi connectivity index (χ0v) is 17.8. The molecule has 1 fully saturated rings. The van der Waals surface area contributed by atoms with E-state index in [2.05, 4.69) is 32.3 Å². The summed E-state index contributed by atoms with van der Waals surface area (Å²) >= 11 is 0. The molecule has 1 unspecified atom stereocenters. The lowest BCUT2D eigenvalue weighted by molar-refractivity contribution is -0.121. The number of para-hydroxylation sites is 1. The Kier molecular flexibility index (Phi) is 6.62. The summed E-state index contributed by atoms with van der Waals surface area (Å²) in [6, 6.07) is 15.4. The molecule has 1 aromatic heterocycles. The first-order valence-corrected chi connectivity index (χ1v) is 10.8. The molecule has 1 atom stereocenters. The van der Waals surface area contributed by atoms with Crippen LogP contribution in [0.5, 0.6) is 5.75 Å². The van der Waals surface area contributed by atoms with Gasteiger partial charge in [-0.25, -0.2) is 4.98 Å². The molecule has 2 N–H and O–H groups in total. The predicted molar refractivity (Wildman–Crippen MR) is 120 cm³/mol. The second-order valence-corrected chi connectivity index (χ2v) is 7.87. The van der Waals surface area contributed by atoms with Gasteiger partial charge in [0, 0.05) is 19.4 Å². The molecule has 3 aromatic rings. The van der Waals surface area contributed by atoms with Gasteiger partial charge in [0.2, 0.25) is 5.91 Å². The number of ether oxygens (including phenoxy) is 1. The van der Waals surface area contributed by atoms with Gasteiger partial charge in [-0.1, -0.05) is 24.3 Å². The Morgan fingerprint density at radius 3 is 2.65 bits per heavy atom. The SMILES string of the molecule is COc1ccc(C(CNC(=O)CCc2nc3ccccc3c(=O)[nH]2)N2CCCC2)cc1. The van der Waals surface area contributed by atoms with Gasteiger partial charge in [-0.05, 0) is 55.8 Å². The fourth-order valence-electron chi connectivity index (χ4n) is 4.12. The van der Waals surface area contributed by atoms with Crippen molar-refractivity contribution in [3.8, 4) is 5.75 Å². The highest BCUT2D eigenvalue weighted by Gasteiger charge is 2.24. The van der Waals surface area contributed by atoms with Crippen molar-refractivity contribution in [2.24, 2.45) is 0 Å². The van der Waals surface area contributed by atoms with Crippen LogP contribution < -0.4 is 15.6 Å². The molecule has 0 saturated carbocycles. The molecule has 1 aliphatic rings. The third-order valence-electron chi connectivity index (χ3n) is 5.83. The second-order valence-electron chi connectivity index (χ2n) is 7.87. The summed E-state index contributed by atoms with van der Waals surface area (Å²) in [7, 11) is 1.66. The number of benzene rings is 2. The number of hydrogen-bond donors (Lipinski definition) is 2. The molecule has 0 radical (unpaired) electrons. The molecule has 1 aliphatic heterocycles. The van der Waals surface area contributed by atoms with Gasteiger partial charge in [0.1, 0.15) is 11.6 Å². The maximum Gasteiger partial charge on any atom is 0.258 e. The molecule has 0 bridgehead atoms. The van der Waals surface area contributed by atoms with Crippen LogP contribution in [0.15, 0.2) is 53.3 Å². The zero-order valence-electron chi connectivity index (χ0n) is 17.8. The van der Waals surface area contributed by atoms with E-state index in [1.807, 2.05) is 30.3 Å². The van der Waals surface area contributed by atoms with Gasteiger partial charge in [-0.15, -0.1) is 0 Å². The molecule has 0 aliphatic carbocycles. The number of amides is 1. The minimum absolute atomic E-state index is 0.0477. The summed E-state index contributed by atoms with van der Waals surface area (Å²) in [6.45, 7) is 2.62. The minimum atomic E-state index is -0.172. The van der Waals surface area contributed by atoms with Gasteiger partial charge in [0.15, 0.2) is 0 Å². The third kappa shape index (κ3) is 5.11. The van der Waals surface area contributed by atoms with Gasteiger partial charge in [0.25, 0.3) is 5.56 Å².